The lowest BCUT2D eigenvalue weighted by Crippen LogP contribution is -2.37. The molecule has 0 heterocycles. The molecule has 3 aromatic carbocycles. The number of hydrogen-bond donors (Lipinski definition) is 0. The summed E-state index contributed by atoms with van der Waals surface area (Å²) in [5.41, 5.74) is 4.59. The van der Waals surface area contributed by atoms with E-state index in [-0.39, 0.29) is 6.10 Å². The topological polar surface area (TPSA) is 36.9 Å². The van der Waals surface area contributed by atoms with Crippen LogP contribution in [0, 0.1) is 0 Å². The number of rotatable bonds is 24. The standard InChI is InChI=1S/C40H58O4/c1-5-9-12-13-14-19-28-41-35-24-20-22-33(31-35)37-26-15-16-27-38(37)34-23-21-25-36(32-34)44-40(43-30-18-11-7-3)39(8-4)42-29-17-10-6-2/h15-16,20-27,31-32,39-40H,5-14,17-19,28-30H2,1-4H3/t39-,40?/m0/s1. The highest BCUT2D eigenvalue weighted by molar-refractivity contribution is 5.84. The summed E-state index contributed by atoms with van der Waals surface area (Å²) in [6, 6.07) is 25.4. The number of hydrogen-bond acceptors (Lipinski definition) is 4. The Kier molecular flexibility index (Phi) is 17.7. The highest BCUT2D eigenvalue weighted by atomic mass is 16.7. The molecule has 4 heteroatoms. The normalized spacial score (nSPS) is 12.6. The molecule has 0 radical (unpaired) electrons. The minimum absolute atomic E-state index is 0.108. The second-order valence-corrected chi connectivity index (χ2v) is 11.8. The average molecular weight is 603 g/mol. The molecule has 0 amide bonds. The molecule has 4 nitrogen and oxygen atoms in total. The van der Waals surface area contributed by atoms with Crippen LogP contribution in [0.3, 0.4) is 0 Å². The molecule has 0 saturated carbocycles. The van der Waals surface area contributed by atoms with Crippen LogP contribution in [0.15, 0.2) is 72.8 Å². The van der Waals surface area contributed by atoms with E-state index in [1.165, 1.54) is 50.5 Å². The van der Waals surface area contributed by atoms with Crippen LogP contribution in [0.25, 0.3) is 22.3 Å². The third kappa shape index (κ3) is 12.7. The fourth-order valence-corrected chi connectivity index (χ4v) is 5.43. The average Bonchev–Trinajstić information content (AvgIpc) is 3.06. The molecule has 3 rings (SSSR count). The molecular weight excluding hydrogens is 544 g/mol. The van der Waals surface area contributed by atoms with Crippen molar-refractivity contribution in [2.24, 2.45) is 0 Å². The van der Waals surface area contributed by atoms with Crippen LogP contribution in [0.2, 0.25) is 0 Å². The van der Waals surface area contributed by atoms with Crippen molar-refractivity contribution in [2.45, 2.75) is 124 Å². The number of unbranched alkanes of at least 4 members (excludes halogenated alkanes) is 9. The van der Waals surface area contributed by atoms with Gasteiger partial charge in [0.05, 0.1) is 13.2 Å². The Labute approximate surface area is 268 Å². The predicted molar refractivity (Wildman–Crippen MR) is 186 cm³/mol. The van der Waals surface area contributed by atoms with Crippen LogP contribution in [0.1, 0.15) is 111 Å². The molecule has 0 saturated heterocycles. The summed E-state index contributed by atoms with van der Waals surface area (Å²) < 4.78 is 25.3. The fraction of sp³-hybridized carbons (Fsp3) is 0.550. The lowest BCUT2D eigenvalue weighted by atomic mass is 9.94. The van der Waals surface area contributed by atoms with Gasteiger partial charge in [-0.2, -0.15) is 0 Å². The van der Waals surface area contributed by atoms with Crippen LogP contribution < -0.4 is 9.47 Å². The first kappa shape index (κ1) is 35.7. The Morgan fingerprint density at radius 3 is 1.66 bits per heavy atom. The zero-order chi connectivity index (χ0) is 31.2. The molecule has 44 heavy (non-hydrogen) atoms. The number of benzene rings is 3. The van der Waals surface area contributed by atoms with E-state index in [9.17, 15) is 0 Å². The Balaban J connectivity index is 1.74. The van der Waals surface area contributed by atoms with E-state index in [4.69, 9.17) is 18.9 Å². The van der Waals surface area contributed by atoms with Crippen LogP contribution in [-0.4, -0.2) is 32.2 Å². The summed E-state index contributed by atoms with van der Waals surface area (Å²) in [6.45, 7) is 11.0. The van der Waals surface area contributed by atoms with E-state index in [2.05, 4.69) is 94.4 Å². The van der Waals surface area contributed by atoms with E-state index >= 15 is 0 Å². The van der Waals surface area contributed by atoms with Gasteiger partial charge in [-0.1, -0.05) is 134 Å². The van der Waals surface area contributed by atoms with Gasteiger partial charge in [0.1, 0.15) is 17.6 Å². The van der Waals surface area contributed by atoms with Crippen LogP contribution in [0.4, 0.5) is 0 Å². The van der Waals surface area contributed by atoms with Crippen molar-refractivity contribution in [2.75, 3.05) is 19.8 Å². The van der Waals surface area contributed by atoms with E-state index in [1.807, 2.05) is 6.07 Å². The number of ether oxygens (including phenoxy) is 4. The van der Waals surface area contributed by atoms with Crippen molar-refractivity contribution < 1.29 is 18.9 Å². The van der Waals surface area contributed by atoms with Crippen molar-refractivity contribution >= 4 is 0 Å². The smallest absolute Gasteiger partial charge is 0.226 e. The van der Waals surface area contributed by atoms with Crippen molar-refractivity contribution in [3.05, 3.63) is 72.8 Å². The lowest BCUT2D eigenvalue weighted by Gasteiger charge is -2.27. The molecule has 2 atom stereocenters. The van der Waals surface area contributed by atoms with Gasteiger partial charge in [0.2, 0.25) is 6.29 Å². The van der Waals surface area contributed by atoms with Crippen molar-refractivity contribution in [1.82, 2.24) is 0 Å². The van der Waals surface area contributed by atoms with E-state index < -0.39 is 6.29 Å². The highest BCUT2D eigenvalue weighted by Gasteiger charge is 2.24. The van der Waals surface area contributed by atoms with Gasteiger partial charge in [-0.05, 0) is 72.2 Å². The minimum Gasteiger partial charge on any atom is -0.494 e. The zero-order valence-electron chi connectivity index (χ0n) is 28.0. The molecule has 1 unspecified atom stereocenters. The van der Waals surface area contributed by atoms with Crippen LogP contribution >= 0.6 is 0 Å². The Bertz CT molecular complexity index is 1160. The first-order chi connectivity index (χ1) is 21.7. The third-order valence-corrected chi connectivity index (χ3v) is 8.05. The maximum atomic E-state index is 6.55. The van der Waals surface area contributed by atoms with Gasteiger partial charge in [0, 0.05) is 6.61 Å². The van der Waals surface area contributed by atoms with E-state index in [0.29, 0.717) is 6.61 Å². The molecule has 0 aliphatic rings. The fourth-order valence-electron chi connectivity index (χ4n) is 5.43. The van der Waals surface area contributed by atoms with Crippen molar-refractivity contribution in [3.63, 3.8) is 0 Å². The van der Waals surface area contributed by atoms with Gasteiger partial charge in [-0.25, -0.2) is 0 Å². The highest BCUT2D eigenvalue weighted by Crippen LogP contribution is 2.35. The van der Waals surface area contributed by atoms with E-state index in [1.54, 1.807) is 0 Å². The second-order valence-electron chi connectivity index (χ2n) is 11.8. The van der Waals surface area contributed by atoms with Gasteiger partial charge >= 0.3 is 0 Å². The monoisotopic (exact) mass is 602 g/mol. The maximum Gasteiger partial charge on any atom is 0.226 e. The quantitative estimate of drug-likeness (QED) is 0.0755. The summed E-state index contributed by atoms with van der Waals surface area (Å²) in [5, 5.41) is 0. The van der Waals surface area contributed by atoms with Crippen molar-refractivity contribution in [1.29, 1.82) is 0 Å². The summed E-state index contributed by atoms with van der Waals surface area (Å²) in [5.74, 6) is 1.72. The summed E-state index contributed by atoms with van der Waals surface area (Å²) in [4.78, 5) is 0. The predicted octanol–water partition coefficient (Wildman–Crippen LogP) is 11.7. The summed E-state index contributed by atoms with van der Waals surface area (Å²) in [7, 11) is 0. The molecule has 0 N–H and O–H groups in total. The Morgan fingerprint density at radius 2 is 1.02 bits per heavy atom. The molecule has 0 aliphatic carbocycles. The van der Waals surface area contributed by atoms with Crippen LogP contribution in [-0.2, 0) is 9.47 Å². The molecule has 0 bridgehead atoms. The molecule has 0 aromatic heterocycles. The lowest BCUT2D eigenvalue weighted by molar-refractivity contribution is -0.165. The SMILES string of the molecule is CCCCCCCCOc1cccc(-c2ccccc2-c2cccc(OC(OCCCCC)[C@H](CC)OCCCCC)c2)c1. The van der Waals surface area contributed by atoms with Gasteiger partial charge in [0.15, 0.2) is 0 Å². The van der Waals surface area contributed by atoms with Gasteiger partial charge in [0.25, 0.3) is 0 Å². The first-order valence-corrected chi connectivity index (χ1v) is 17.5. The zero-order valence-corrected chi connectivity index (χ0v) is 28.0. The summed E-state index contributed by atoms with van der Waals surface area (Å²) in [6.07, 6.45) is 14.6. The summed E-state index contributed by atoms with van der Waals surface area (Å²) >= 11 is 0. The molecule has 0 spiro atoms. The molecule has 0 fully saturated rings. The Hall–Kier alpha value is -2.82. The maximum absolute atomic E-state index is 6.55. The largest absolute Gasteiger partial charge is 0.494 e. The van der Waals surface area contributed by atoms with E-state index in [0.717, 1.165) is 79.9 Å². The van der Waals surface area contributed by atoms with Crippen molar-refractivity contribution in [3.8, 4) is 33.8 Å². The molecular formula is C40H58O4. The molecule has 3 aromatic rings. The van der Waals surface area contributed by atoms with Crippen LogP contribution in [0.5, 0.6) is 11.5 Å². The van der Waals surface area contributed by atoms with Gasteiger partial charge in [-0.15, -0.1) is 0 Å². The van der Waals surface area contributed by atoms with Gasteiger partial charge < -0.3 is 18.9 Å². The minimum atomic E-state index is -0.440. The molecule has 0 aliphatic heterocycles. The second kappa shape index (κ2) is 21.8. The third-order valence-electron chi connectivity index (χ3n) is 8.05. The van der Waals surface area contributed by atoms with Gasteiger partial charge in [-0.3, -0.25) is 0 Å². The first-order valence-electron chi connectivity index (χ1n) is 17.5. The Morgan fingerprint density at radius 1 is 0.500 bits per heavy atom. The molecule has 242 valence electrons.